The molecule has 0 radical (unpaired) electrons. The Labute approximate surface area is 299 Å². The van der Waals surface area contributed by atoms with Gasteiger partial charge in [-0.2, -0.15) is 0 Å². The molecule has 2 aliphatic heterocycles. The SMILES string of the molecule is c1ccc(-c2cc(-c3ccccc3)nc(-c3ccc4c(c3)C3(c5ccccc5S4)c4ccccc4-n4c5ccccc5c5cccc3c54)n2)cc1. The average molecular weight is 668 g/mol. The van der Waals surface area contributed by atoms with E-state index in [0.29, 0.717) is 5.82 Å². The monoisotopic (exact) mass is 667 g/mol. The first-order chi connectivity index (χ1) is 25.3. The molecule has 4 heterocycles. The number of nitrogens with zero attached hydrogens (tertiary/aromatic N) is 3. The summed E-state index contributed by atoms with van der Waals surface area (Å²) in [5, 5.41) is 2.55. The Bertz CT molecular complexity index is 2780. The summed E-state index contributed by atoms with van der Waals surface area (Å²) in [5.74, 6) is 0.716. The highest BCUT2D eigenvalue weighted by atomic mass is 32.2. The van der Waals surface area contributed by atoms with Gasteiger partial charge in [-0.25, -0.2) is 9.97 Å². The van der Waals surface area contributed by atoms with Crippen LogP contribution in [0.4, 0.5) is 0 Å². The Hall–Kier alpha value is -6.23. The second-order valence-electron chi connectivity index (χ2n) is 13.3. The molecule has 51 heavy (non-hydrogen) atoms. The molecule has 0 aliphatic carbocycles. The predicted molar refractivity (Wildman–Crippen MR) is 209 cm³/mol. The van der Waals surface area contributed by atoms with Crippen molar-refractivity contribution < 1.29 is 0 Å². The van der Waals surface area contributed by atoms with Crippen LogP contribution in [0, 0.1) is 0 Å². The van der Waals surface area contributed by atoms with Crippen LogP contribution in [0.3, 0.4) is 0 Å². The molecule has 0 saturated carbocycles. The van der Waals surface area contributed by atoms with Crippen LogP contribution in [0.15, 0.2) is 186 Å². The van der Waals surface area contributed by atoms with Gasteiger partial charge in [0.25, 0.3) is 0 Å². The Morgan fingerprint density at radius 2 is 1.04 bits per heavy atom. The van der Waals surface area contributed by atoms with Crippen molar-refractivity contribution in [1.82, 2.24) is 14.5 Å². The highest BCUT2D eigenvalue weighted by Gasteiger charge is 2.49. The lowest BCUT2D eigenvalue weighted by Crippen LogP contribution is -2.37. The van der Waals surface area contributed by atoms with Crippen LogP contribution in [0.2, 0.25) is 0 Å². The summed E-state index contributed by atoms with van der Waals surface area (Å²) < 4.78 is 2.49. The Balaban J connectivity index is 1.24. The summed E-state index contributed by atoms with van der Waals surface area (Å²) in [6.45, 7) is 0. The third-order valence-corrected chi connectivity index (χ3v) is 11.8. The van der Waals surface area contributed by atoms with E-state index in [4.69, 9.17) is 9.97 Å². The second kappa shape index (κ2) is 10.9. The minimum atomic E-state index is -0.563. The first-order valence-corrected chi connectivity index (χ1v) is 18.2. The zero-order chi connectivity index (χ0) is 33.5. The lowest BCUT2D eigenvalue weighted by molar-refractivity contribution is 0.690. The smallest absolute Gasteiger partial charge is 0.160 e. The van der Waals surface area contributed by atoms with E-state index in [-0.39, 0.29) is 0 Å². The number of aromatic nitrogens is 3. The highest BCUT2D eigenvalue weighted by molar-refractivity contribution is 7.99. The number of benzene rings is 7. The normalized spacial score (nSPS) is 15.5. The number of fused-ring (bicyclic) bond motifs is 11. The van der Waals surface area contributed by atoms with Crippen molar-refractivity contribution in [2.75, 3.05) is 0 Å². The van der Waals surface area contributed by atoms with E-state index in [2.05, 4.69) is 168 Å². The van der Waals surface area contributed by atoms with Crippen LogP contribution in [0.5, 0.6) is 0 Å². The van der Waals surface area contributed by atoms with E-state index < -0.39 is 5.41 Å². The number of hydrogen-bond donors (Lipinski definition) is 0. The Kier molecular flexibility index (Phi) is 6.10. The van der Waals surface area contributed by atoms with Gasteiger partial charge >= 0.3 is 0 Å². The molecule has 1 unspecified atom stereocenters. The summed E-state index contributed by atoms with van der Waals surface area (Å²) in [4.78, 5) is 13.0. The van der Waals surface area contributed by atoms with E-state index in [0.717, 1.165) is 28.1 Å². The predicted octanol–water partition coefficient (Wildman–Crippen LogP) is 11.7. The summed E-state index contributed by atoms with van der Waals surface area (Å²) in [7, 11) is 0. The molecule has 0 bridgehead atoms. The molecule has 7 aromatic carbocycles. The fourth-order valence-electron chi connectivity index (χ4n) is 8.55. The average Bonchev–Trinajstić information content (AvgIpc) is 3.55. The van der Waals surface area contributed by atoms with Gasteiger partial charge in [-0.15, -0.1) is 0 Å². The van der Waals surface area contributed by atoms with E-state index in [1.54, 1.807) is 0 Å². The van der Waals surface area contributed by atoms with Crippen molar-refractivity contribution in [2.24, 2.45) is 0 Å². The molecule has 3 nitrogen and oxygen atoms in total. The zero-order valence-corrected chi connectivity index (χ0v) is 28.3. The maximum Gasteiger partial charge on any atom is 0.160 e. The minimum Gasteiger partial charge on any atom is -0.309 e. The molecule has 9 aromatic rings. The van der Waals surface area contributed by atoms with Crippen molar-refractivity contribution >= 4 is 33.6 Å². The van der Waals surface area contributed by atoms with Gasteiger partial charge < -0.3 is 4.57 Å². The first-order valence-electron chi connectivity index (χ1n) is 17.3. The van der Waals surface area contributed by atoms with Crippen molar-refractivity contribution in [3.63, 3.8) is 0 Å². The van der Waals surface area contributed by atoms with Crippen LogP contribution >= 0.6 is 11.8 Å². The minimum absolute atomic E-state index is 0.563. The van der Waals surface area contributed by atoms with E-state index >= 15 is 0 Å². The van der Waals surface area contributed by atoms with E-state index in [1.165, 1.54) is 59.5 Å². The van der Waals surface area contributed by atoms with Crippen molar-refractivity contribution in [2.45, 2.75) is 15.2 Å². The van der Waals surface area contributed by atoms with Gasteiger partial charge in [-0.05, 0) is 58.7 Å². The summed E-state index contributed by atoms with van der Waals surface area (Å²) in [5.41, 5.74) is 13.2. The van der Waals surface area contributed by atoms with Crippen molar-refractivity contribution in [3.8, 4) is 39.6 Å². The van der Waals surface area contributed by atoms with Gasteiger partial charge in [-0.3, -0.25) is 0 Å². The number of rotatable bonds is 3. The number of para-hydroxylation sites is 3. The third-order valence-electron chi connectivity index (χ3n) is 10.7. The van der Waals surface area contributed by atoms with Gasteiger partial charge in [0.15, 0.2) is 5.82 Å². The molecule has 0 saturated heterocycles. The highest BCUT2D eigenvalue weighted by Crippen LogP contribution is 2.60. The summed E-state index contributed by atoms with van der Waals surface area (Å²) in [6, 6.07) is 63.5. The molecule has 2 aliphatic rings. The molecule has 2 aromatic heterocycles. The lowest BCUT2D eigenvalue weighted by atomic mass is 9.62. The Morgan fingerprint density at radius 1 is 0.431 bits per heavy atom. The molecule has 1 spiro atoms. The molecule has 0 N–H and O–H groups in total. The van der Waals surface area contributed by atoms with Crippen LogP contribution in [-0.4, -0.2) is 14.5 Å². The molecule has 0 amide bonds. The van der Waals surface area contributed by atoms with Gasteiger partial charge in [0.05, 0.1) is 33.5 Å². The maximum atomic E-state index is 5.25. The topological polar surface area (TPSA) is 30.7 Å². The Morgan fingerprint density at radius 3 is 1.82 bits per heavy atom. The van der Waals surface area contributed by atoms with Gasteiger partial charge in [0.1, 0.15) is 0 Å². The van der Waals surface area contributed by atoms with Crippen molar-refractivity contribution in [3.05, 3.63) is 198 Å². The number of hydrogen-bond acceptors (Lipinski definition) is 3. The van der Waals surface area contributed by atoms with E-state index in [9.17, 15) is 0 Å². The molecule has 1 atom stereocenters. The third kappa shape index (κ3) is 4.02. The van der Waals surface area contributed by atoms with Gasteiger partial charge in [0, 0.05) is 37.3 Å². The molecule has 0 fully saturated rings. The first kappa shape index (κ1) is 28.6. The zero-order valence-electron chi connectivity index (χ0n) is 27.5. The van der Waals surface area contributed by atoms with Gasteiger partial charge in [0.2, 0.25) is 0 Å². The standard InChI is InChI=1S/C47H29N3S/c1-3-14-30(15-4-1)39-29-40(31-16-5-2-6-17-31)49-46(48-39)32-26-27-44-38(28-32)47(36-21-9-12-25-43(36)51-44)35-20-8-11-24-42(35)50-41-23-10-7-18-33(41)34-19-13-22-37(47)45(34)50/h1-29H. The largest absolute Gasteiger partial charge is 0.309 e. The molecule has 4 heteroatoms. The lowest BCUT2D eigenvalue weighted by Gasteiger charge is -2.45. The van der Waals surface area contributed by atoms with Crippen LogP contribution in [0.1, 0.15) is 22.3 Å². The van der Waals surface area contributed by atoms with Crippen LogP contribution in [-0.2, 0) is 5.41 Å². The van der Waals surface area contributed by atoms with Crippen molar-refractivity contribution in [1.29, 1.82) is 0 Å². The summed E-state index contributed by atoms with van der Waals surface area (Å²) in [6.07, 6.45) is 0. The van der Waals surface area contributed by atoms with Crippen LogP contribution in [0.25, 0.3) is 61.4 Å². The molecule has 238 valence electrons. The van der Waals surface area contributed by atoms with Crippen LogP contribution < -0.4 is 0 Å². The second-order valence-corrected chi connectivity index (χ2v) is 14.4. The molecule has 11 rings (SSSR count). The molecular weight excluding hydrogens is 639 g/mol. The molecular formula is C47H29N3S. The maximum absolute atomic E-state index is 5.25. The van der Waals surface area contributed by atoms with E-state index in [1.807, 2.05) is 23.9 Å². The van der Waals surface area contributed by atoms with Gasteiger partial charge in [-0.1, -0.05) is 151 Å². The fraction of sp³-hybridized carbons (Fsp3) is 0.0213. The fourth-order valence-corrected chi connectivity index (χ4v) is 9.73. The summed E-state index contributed by atoms with van der Waals surface area (Å²) >= 11 is 1.86. The quantitative estimate of drug-likeness (QED) is 0.188.